The average Bonchev–Trinajstić information content (AvgIpc) is 3.04. The van der Waals surface area contributed by atoms with Crippen molar-refractivity contribution in [3.8, 4) is 23.0 Å². The van der Waals surface area contributed by atoms with E-state index in [4.69, 9.17) is 51.6 Å². The third-order valence-electron chi connectivity index (χ3n) is 6.03. The van der Waals surface area contributed by atoms with Crippen LogP contribution in [-0.2, 0) is 28.7 Å². The Morgan fingerprint density at radius 1 is 0.653 bits per heavy atom. The fourth-order valence-corrected chi connectivity index (χ4v) is 4.35. The van der Waals surface area contributed by atoms with Gasteiger partial charge in [0.25, 0.3) is 11.8 Å². The second kappa shape index (κ2) is 16.8. The van der Waals surface area contributed by atoms with Crippen LogP contribution in [0.1, 0.15) is 44.9 Å². The number of esters is 4. The fourth-order valence-electron chi connectivity index (χ4n) is 3.86. The molecule has 3 aromatic rings. The van der Waals surface area contributed by atoms with Gasteiger partial charge in [0.1, 0.15) is 0 Å². The third-order valence-corrected chi connectivity index (χ3v) is 6.57. The number of aliphatic carboxylic acids is 1. The van der Waals surface area contributed by atoms with E-state index in [0.29, 0.717) is 0 Å². The number of nitrogens with one attached hydrogen (secondary N) is 2. The predicted molar refractivity (Wildman–Crippen MR) is 167 cm³/mol. The maximum absolute atomic E-state index is 13.3. The molecule has 2 amide bonds. The van der Waals surface area contributed by atoms with Crippen molar-refractivity contribution >= 4 is 64.9 Å². The van der Waals surface area contributed by atoms with Gasteiger partial charge in [0.15, 0.2) is 23.0 Å². The molecule has 0 saturated carbocycles. The first kappa shape index (κ1) is 37.6. The summed E-state index contributed by atoms with van der Waals surface area (Å²) >= 11 is 11.9. The molecule has 0 fully saturated rings. The minimum Gasteiger partial charge on any atom is -0.493 e. The number of halogens is 2. The molecule has 3 aromatic carbocycles. The summed E-state index contributed by atoms with van der Waals surface area (Å²) in [5.41, 5.74) is 3.13. The van der Waals surface area contributed by atoms with Gasteiger partial charge in [-0.3, -0.25) is 30.0 Å². The van der Waals surface area contributed by atoms with E-state index < -0.39 is 53.9 Å². The SMILES string of the molecule is COc1cc(C(=O)O[C@H](C(=O)O)[C@H](OC(=O)c2ccc(OC(C)=O)c(OC)c2)C(=O)NNC(=O)c2ccc(Cl)cc2Cl)ccc1OC(C)=O. The number of amides is 2. The van der Waals surface area contributed by atoms with E-state index in [1.165, 1.54) is 44.6 Å². The fraction of sp³-hybridized carbons (Fsp3) is 0.194. The molecular weight excluding hydrogens is 695 g/mol. The minimum atomic E-state index is -2.52. The Morgan fingerprint density at radius 3 is 1.57 bits per heavy atom. The zero-order valence-corrected chi connectivity index (χ0v) is 27.4. The molecular formula is C31H26Cl2N2O14. The van der Waals surface area contributed by atoms with Gasteiger partial charge in [-0.2, -0.15) is 0 Å². The lowest BCUT2D eigenvalue weighted by Crippen LogP contribution is -2.54. The number of carbonyl (C=O) groups excluding carboxylic acids is 6. The molecule has 16 nitrogen and oxygen atoms in total. The molecule has 0 spiro atoms. The molecule has 3 N–H and O–H groups in total. The van der Waals surface area contributed by atoms with Crippen molar-refractivity contribution in [2.24, 2.45) is 0 Å². The molecule has 0 aromatic heterocycles. The quantitative estimate of drug-likeness (QED) is 0.139. The van der Waals surface area contributed by atoms with Crippen molar-refractivity contribution in [1.82, 2.24) is 10.9 Å². The summed E-state index contributed by atoms with van der Waals surface area (Å²) in [6.07, 6.45) is -4.97. The number of carboxylic acids is 1. The number of hydrazine groups is 1. The van der Waals surface area contributed by atoms with Crippen molar-refractivity contribution in [2.45, 2.75) is 26.1 Å². The van der Waals surface area contributed by atoms with Gasteiger partial charge in [-0.25, -0.2) is 14.4 Å². The van der Waals surface area contributed by atoms with Crippen LogP contribution >= 0.6 is 23.2 Å². The summed E-state index contributed by atoms with van der Waals surface area (Å²) in [7, 11) is 2.41. The van der Waals surface area contributed by atoms with E-state index in [2.05, 4.69) is 0 Å². The second-order valence-electron chi connectivity index (χ2n) is 9.48. The molecule has 258 valence electrons. The molecule has 0 heterocycles. The van der Waals surface area contributed by atoms with Gasteiger partial charge in [-0.15, -0.1) is 0 Å². The maximum atomic E-state index is 13.3. The first-order valence-electron chi connectivity index (χ1n) is 13.6. The summed E-state index contributed by atoms with van der Waals surface area (Å²) < 4.78 is 30.5. The largest absolute Gasteiger partial charge is 0.493 e. The van der Waals surface area contributed by atoms with Crippen LogP contribution in [0.2, 0.25) is 10.0 Å². The molecule has 0 unspecified atom stereocenters. The van der Waals surface area contributed by atoms with Crippen molar-refractivity contribution in [3.63, 3.8) is 0 Å². The number of hydrogen-bond donors (Lipinski definition) is 3. The van der Waals surface area contributed by atoms with Crippen molar-refractivity contribution < 1.29 is 67.1 Å². The Kier molecular flexibility index (Phi) is 12.9. The molecule has 0 aliphatic carbocycles. The monoisotopic (exact) mass is 720 g/mol. The van der Waals surface area contributed by atoms with Crippen LogP contribution in [0.5, 0.6) is 23.0 Å². The smallest absolute Gasteiger partial charge is 0.349 e. The Hall–Kier alpha value is -5.87. The molecule has 49 heavy (non-hydrogen) atoms. The van der Waals surface area contributed by atoms with Gasteiger partial charge in [0, 0.05) is 18.9 Å². The van der Waals surface area contributed by atoms with Gasteiger partial charge >= 0.3 is 29.8 Å². The normalized spacial score (nSPS) is 11.6. The van der Waals surface area contributed by atoms with Crippen LogP contribution < -0.4 is 29.8 Å². The van der Waals surface area contributed by atoms with Crippen molar-refractivity contribution in [1.29, 1.82) is 0 Å². The highest BCUT2D eigenvalue weighted by Crippen LogP contribution is 2.30. The van der Waals surface area contributed by atoms with Crippen LogP contribution in [0.4, 0.5) is 0 Å². The molecule has 2 atom stereocenters. The number of rotatable bonds is 12. The van der Waals surface area contributed by atoms with E-state index in [1.807, 2.05) is 10.9 Å². The van der Waals surface area contributed by atoms with Gasteiger partial charge in [0.2, 0.25) is 12.2 Å². The first-order valence-corrected chi connectivity index (χ1v) is 14.3. The summed E-state index contributed by atoms with van der Waals surface area (Å²) in [5, 5.41) is 10.1. The van der Waals surface area contributed by atoms with Gasteiger partial charge < -0.3 is 33.5 Å². The van der Waals surface area contributed by atoms with Crippen molar-refractivity contribution in [2.75, 3.05) is 14.2 Å². The molecule has 18 heteroatoms. The van der Waals surface area contributed by atoms with E-state index in [9.17, 15) is 38.7 Å². The van der Waals surface area contributed by atoms with Crippen molar-refractivity contribution in [3.05, 3.63) is 81.3 Å². The molecule has 0 aliphatic rings. The zero-order chi connectivity index (χ0) is 36.4. The number of carbonyl (C=O) groups is 7. The average molecular weight is 721 g/mol. The van der Waals surface area contributed by atoms with Gasteiger partial charge in [-0.05, 0) is 54.6 Å². The highest BCUT2D eigenvalue weighted by atomic mass is 35.5. The lowest BCUT2D eigenvalue weighted by atomic mass is 10.1. The molecule has 0 bridgehead atoms. The minimum absolute atomic E-state index is 0.0702. The number of benzene rings is 3. The summed E-state index contributed by atoms with van der Waals surface area (Å²) in [6, 6.07) is 10.5. The van der Waals surface area contributed by atoms with Gasteiger partial charge in [-0.1, -0.05) is 23.2 Å². The predicted octanol–water partition coefficient (Wildman–Crippen LogP) is 3.16. The van der Waals surface area contributed by atoms with E-state index in [0.717, 1.165) is 38.1 Å². The Balaban J connectivity index is 1.95. The summed E-state index contributed by atoms with van der Waals surface area (Å²) in [6.45, 7) is 2.25. The molecule has 0 aliphatic heterocycles. The van der Waals surface area contributed by atoms with Crippen LogP contribution in [0.25, 0.3) is 0 Å². The Bertz CT molecular complexity index is 1810. The molecule has 0 radical (unpaired) electrons. The van der Waals surface area contributed by atoms with E-state index in [-0.39, 0.29) is 49.7 Å². The molecule has 0 saturated heterocycles. The van der Waals surface area contributed by atoms with E-state index >= 15 is 0 Å². The van der Waals surface area contributed by atoms with Crippen LogP contribution in [-0.4, -0.2) is 73.2 Å². The Labute approximate surface area is 287 Å². The summed E-state index contributed by atoms with van der Waals surface area (Å²) in [5.74, 6) is -8.79. The molecule has 3 rings (SSSR count). The first-order chi connectivity index (χ1) is 23.1. The van der Waals surface area contributed by atoms with E-state index in [1.54, 1.807) is 0 Å². The number of ether oxygens (including phenoxy) is 6. The highest BCUT2D eigenvalue weighted by Gasteiger charge is 2.41. The lowest BCUT2D eigenvalue weighted by molar-refractivity contribution is -0.159. The topological polar surface area (TPSA) is 219 Å². The third kappa shape index (κ3) is 10.1. The number of carboxylic acid groups (broad SMARTS) is 1. The van der Waals surface area contributed by atoms with Crippen LogP contribution in [0.15, 0.2) is 54.6 Å². The highest BCUT2D eigenvalue weighted by molar-refractivity contribution is 6.36. The van der Waals surface area contributed by atoms with Gasteiger partial charge in [0.05, 0.1) is 35.9 Å². The Morgan fingerprint density at radius 2 is 1.14 bits per heavy atom. The van der Waals surface area contributed by atoms with Crippen LogP contribution in [0.3, 0.4) is 0 Å². The number of methoxy groups -OCH3 is 2. The second-order valence-corrected chi connectivity index (χ2v) is 10.3. The zero-order valence-electron chi connectivity index (χ0n) is 25.9. The summed E-state index contributed by atoms with van der Waals surface area (Å²) in [4.78, 5) is 87.5. The lowest BCUT2D eigenvalue weighted by Gasteiger charge is -2.24. The van der Waals surface area contributed by atoms with Crippen LogP contribution in [0, 0.1) is 0 Å². The number of hydrogen-bond acceptors (Lipinski definition) is 13. The standard InChI is InChI=1S/C31H26Cl2N2O14/c1-14(36)46-21-9-5-16(11-23(21)44-3)30(42)48-25(28(39)35-34-27(38)19-8-7-18(32)13-20(19)33)26(29(40)41)49-31(43)17-6-10-22(47-15(2)37)24(12-17)45-4/h5-13,25-26H,1-4H3,(H,34,38)(H,35,39)(H,40,41)/t25-,26-/m0/s1. The maximum Gasteiger partial charge on any atom is 0.349 e.